The first-order valence-electron chi connectivity index (χ1n) is 6.83. The molecule has 1 amide bonds. The topological polar surface area (TPSA) is 85.5 Å². The summed E-state index contributed by atoms with van der Waals surface area (Å²) in [5.74, 6) is 0.293. The van der Waals surface area contributed by atoms with Crippen LogP contribution in [-0.4, -0.2) is 46.6 Å². The molecule has 0 N–H and O–H groups in total. The fourth-order valence-corrected chi connectivity index (χ4v) is 2.32. The van der Waals surface area contributed by atoms with Gasteiger partial charge in [0.25, 0.3) is 0 Å². The fourth-order valence-electron chi connectivity index (χ4n) is 2.32. The Kier molecular flexibility index (Phi) is 4.70. The quantitative estimate of drug-likeness (QED) is 0.756. The van der Waals surface area contributed by atoms with Gasteiger partial charge in [-0.15, -0.1) is 0 Å². The van der Waals surface area contributed by atoms with Gasteiger partial charge in [-0.3, -0.25) is 9.59 Å². The molecule has 1 aromatic heterocycles. The average Bonchev–Trinajstić information content (AvgIpc) is 2.84. The molecule has 20 heavy (non-hydrogen) atoms. The van der Waals surface area contributed by atoms with Gasteiger partial charge >= 0.3 is 5.97 Å². The van der Waals surface area contributed by atoms with Gasteiger partial charge in [0, 0.05) is 20.0 Å². The molecule has 1 atom stereocenters. The Morgan fingerprint density at radius 2 is 2.30 bits per heavy atom. The molecule has 1 unspecified atom stereocenters. The number of ether oxygens (including phenoxy) is 1. The Morgan fingerprint density at radius 1 is 1.50 bits per heavy atom. The summed E-state index contributed by atoms with van der Waals surface area (Å²) in [5, 5.41) is 3.71. The highest BCUT2D eigenvalue weighted by Crippen LogP contribution is 2.18. The highest BCUT2D eigenvalue weighted by molar-refractivity contribution is 5.79. The molecule has 1 fully saturated rings. The minimum absolute atomic E-state index is 0.0835. The van der Waals surface area contributed by atoms with E-state index in [0.29, 0.717) is 31.4 Å². The first-order valence-corrected chi connectivity index (χ1v) is 6.83. The van der Waals surface area contributed by atoms with E-state index in [1.54, 1.807) is 18.7 Å². The van der Waals surface area contributed by atoms with Crippen molar-refractivity contribution in [1.29, 1.82) is 0 Å². The molecule has 0 bridgehead atoms. The van der Waals surface area contributed by atoms with E-state index >= 15 is 0 Å². The molecule has 2 heterocycles. The number of hydrogen-bond acceptors (Lipinski definition) is 6. The number of piperidine rings is 1. The molecule has 0 aromatic carbocycles. The molecule has 7 nitrogen and oxygen atoms in total. The van der Waals surface area contributed by atoms with Crippen molar-refractivity contribution in [1.82, 2.24) is 15.0 Å². The predicted molar refractivity (Wildman–Crippen MR) is 68.7 cm³/mol. The van der Waals surface area contributed by atoms with Crippen molar-refractivity contribution in [3.63, 3.8) is 0 Å². The third-order valence-electron chi connectivity index (χ3n) is 3.27. The third-order valence-corrected chi connectivity index (χ3v) is 3.27. The number of likely N-dealkylation sites (tertiary alicyclic amines) is 1. The van der Waals surface area contributed by atoms with E-state index in [2.05, 4.69) is 10.1 Å². The van der Waals surface area contributed by atoms with Crippen LogP contribution in [0.25, 0.3) is 0 Å². The van der Waals surface area contributed by atoms with Crippen molar-refractivity contribution in [2.75, 3.05) is 19.7 Å². The van der Waals surface area contributed by atoms with Gasteiger partial charge in [0.1, 0.15) is 0 Å². The SMILES string of the molecule is CCOC(=O)C1CCCN(C(=O)Cc2noc(C)n2)C1. The summed E-state index contributed by atoms with van der Waals surface area (Å²) in [5.41, 5.74) is 0. The van der Waals surface area contributed by atoms with Gasteiger partial charge in [-0.05, 0) is 19.8 Å². The first-order chi connectivity index (χ1) is 9.60. The van der Waals surface area contributed by atoms with E-state index in [4.69, 9.17) is 9.26 Å². The van der Waals surface area contributed by atoms with Crippen molar-refractivity contribution in [3.8, 4) is 0 Å². The highest BCUT2D eigenvalue weighted by Gasteiger charge is 2.29. The molecule has 110 valence electrons. The Labute approximate surface area is 117 Å². The van der Waals surface area contributed by atoms with Gasteiger partial charge in [0.15, 0.2) is 5.82 Å². The van der Waals surface area contributed by atoms with E-state index in [1.807, 2.05) is 0 Å². The predicted octanol–water partition coefficient (Wildman–Crippen LogP) is 0.722. The van der Waals surface area contributed by atoms with Crippen LogP contribution in [0, 0.1) is 12.8 Å². The lowest BCUT2D eigenvalue weighted by molar-refractivity contribution is -0.151. The molecule has 7 heteroatoms. The van der Waals surface area contributed by atoms with Crippen LogP contribution in [0.1, 0.15) is 31.5 Å². The molecular formula is C13H19N3O4. The zero-order valence-corrected chi connectivity index (χ0v) is 11.8. The van der Waals surface area contributed by atoms with Crippen LogP contribution in [0.3, 0.4) is 0 Å². The van der Waals surface area contributed by atoms with Crippen molar-refractivity contribution in [2.45, 2.75) is 33.1 Å². The summed E-state index contributed by atoms with van der Waals surface area (Å²) in [6.07, 6.45) is 1.68. The summed E-state index contributed by atoms with van der Waals surface area (Å²) in [6.45, 7) is 4.90. The number of nitrogens with zero attached hydrogens (tertiary/aromatic N) is 3. The van der Waals surface area contributed by atoms with Crippen molar-refractivity contribution >= 4 is 11.9 Å². The number of aryl methyl sites for hydroxylation is 1. The van der Waals surface area contributed by atoms with E-state index in [-0.39, 0.29) is 24.2 Å². The monoisotopic (exact) mass is 281 g/mol. The first kappa shape index (κ1) is 14.5. The van der Waals surface area contributed by atoms with Crippen LogP contribution in [0.2, 0.25) is 0 Å². The molecule has 0 saturated carbocycles. The molecule has 1 aromatic rings. The number of rotatable bonds is 4. The number of amides is 1. The van der Waals surface area contributed by atoms with Crippen LogP contribution in [-0.2, 0) is 20.7 Å². The summed E-state index contributed by atoms with van der Waals surface area (Å²) < 4.78 is 9.85. The second-order valence-corrected chi connectivity index (χ2v) is 4.84. The number of carbonyl (C=O) groups is 2. The largest absolute Gasteiger partial charge is 0.466 e. The molecule has 1 aliphatic heterocycles. The van der Waals surface area contributed by atoms with Crippen molar-refractivity contribution in [2.24, 2.45) is 5.92 Å². The van der Waals surface area contributed by atoms with Crippen molar-refractivity contribution < 1.29 is 18.8 Å². The van der Waals surface area contributed by atoms with E-state index in [0.717, 1.165) is 12.8 Å². The molecule has 1 aliphatic rings. The Bertz CT molecular complexity index is 486. The summed E-state index contributed by atoms with van der Waals surface area (Å²) >= 11 is 0. The molecule has 1 saturated heterocycles. The second kappa shape index (κ2) is 6.49. The van der Waals surface area contributed by atoms with E-state index < -0.39 is 0 Å². The lowest BCUT2D eigenvalue weighted by Crippen LogP contribution is -2.43. The molecule has 0 radical (unpaired) electrons. The number of aromatic nitrogens is 2. The molecule has 2 rings (SSSR count). The maximum atomic E-state index is 12.2. The second-order valence-electron chi connectivity index (χ2n) is 4.84. The summed E-state index contributed by atoms with van der Waals surface area (Å²) in [4.78, 5) is 29.6. The lowest BCUT2D eigenvalue weighted by atomic mass is 9.98. The normalized spacial score (nSPS) is 18.9. The Hall–Kier alpha value is -1.92. The summed E-state index contributed by atoms with van der Waals surface area (Å²) in [6, 6.07) is 0. The van der Waals surface area contributed by atoms with Gasteiger partial charge in [0.2, 0.25) is 11.8 Å². The highest BCUT2D eigenvalue weighted by atomic mass is 16.5. The van der Waals surface area contributed by atoms with Gasteiger partial charge in [-0.2, -0.15) is 4.98 Å². The van der Waals surface area contributed by atoms with Gasteiger partial charge in [0.05, 0.1) is 18.9 Å². The van der Waals surface area contributed by atoms with Crippen LogP contribution >= 0.6 is 0 Å². The standard InChI is InChI=1S/C13H19N3O4/c1-3-19-13(18)10-5-4-6-16(8-10)12(17)7-11-14-9(2)20-15-11/h10H,3-8H2,1-2H3. The van der Waals surface area contributed by atoms with Crippen LogP contribution in [0.15, 0.2) is 4.52 Å². The van der Waals surface area contributed by atoms with Crippen LogP contribution in [0.5, 0.6) is 0 Å². The van der Waals surface area contributed by atoms with Gasteiger partial charge in [-0.25, -0.2) is 0 Å². The molecule has 0 aliphatic carbocycles. The number of esters is 1. The zero-order chi connectivity index (χ0) is 14.5. The maximum absolute atomic E-state index is 12.2. The van der Waals surface area contributed by atoms with Crippen LogP contribution in [0.4, 0.5) is 0 Å². The number of carbonyl (C=O) groups excluding carboxylic acids is 2. The maximum Gasteiger partial charge on any atom is 0.310 e. The zero-order valence-electron chi connectivity index (χ0n) is 11.8. The van der Waals surface area contributed by atoms with E-state index in [1.165, 1.54) is 0 Å². The average molecular weight is 281 g/mol. The smallest absolute Gasteiger partial charge is 0.310 e. The Morgan fingerprint density at radius 3 is 2.95 bits per heavy atom. The Balaban J connectivity index is 1.91. The third kappa shape index (κ3) is 3.55. The van der Waals surface area contributed by atoms with Gasteiger partial charge < -0.3 is 14.2 Å². The van der Waals surface area contributed by atoms with Crippen LogP contribution < -0.4 is 0 Å². The summed E-state index contributed by atoms with van der Waals surface area (Å²) in [7, 11) is 0. The minimum atomic E-state index is -0.223. The minimum Gasteiger partial charge on any atom is -0.466 e. The fraction of sp³-hybridized carbons (Fsp3) is 0.692. The lowest BCUT2D eigenvalue weighted by Gasteiger charge is -2.31. The molecule has 0 spiro atoms. The van der Waals surface area contributed by atoms with Gasteiger partial charge in [-0.1, -0.05) is 5.16 Å². The van der Waals surface area contributed by atoms with Crippen molar-refractivity contribution in [3.05, 3.63) is 11.7 Å². The number of hydrogen-bond donors (Lipinski definition) is 0. The van der Waals surface area contributed by atoms with E-state index in [9.17, 15) is 9.59 Å². The molecular weight excluding hydrogens is 262 g/mol.